The van der Waals surface area contributed by atoms with Gasteiger partial charge in [-0.25, -0.2) is 8.42 Å². The first-order chi connectivity index (χ1) is 14.6. The van der Waals surface area contributed by atoms with Crippen molar-refractivity contribution >= 4 is 33.2 Å². The molecule has 2 aromatic carbocycles. The summed E-state index contributed by atoms with van der Waals surface area (Å²) >= 11 is 0. The van der Waals surface area contributed by atoms with Crippen LogP contribution in [-0.4, -0.2) is 46.2 Å². The minimum atomic E-state index is -3.83. The number of amides is 2. The van der Waals surface area contributed by atoms with Crippen molar-refractivity contribution in [2.45, 2.75) is 33.2 Å². The number of sulfonamides is 1. The molecule has 0 radical (unpaired) electrons. The highest BCUT2D eigenvalue weighted by Crippen LogP contribution is 2.33. The molecular weight excluding hydrogens is 418 g/mol. The lowest BCUT2D eigenvalue weighted by Crippen LogP contribution is -2.45. The Hall–Kier alpha value is -3.07. The minimum Gasteiger partial charge on any atom is -0.495 e. The number of rotatable bonds is 9. The van der Waals surface area contributed by atoms with E-state index in [1.165, 1.54) is 14.0 Å². The highest BCUT2D eigenvalue weighted by molar-refractivity contribution is 7.92. The predicted molar refractivity (Wildman–Crippen MR) is 122 cm³/mol. The van der Waals surface area contributed by atoms with Crippen molar-refractivity contribution in [2.24, 2.45) is 0 Å². The minimum absolute atomic E-state index is 0.265. The Kier molecular flexibility index (Phi) is 8.04. The number of anilines is 2. The Balaban J connectivity index is 2.39. The van der Waals surface area contributed by atoms with E-state index in [9.17, 15) is 18.0 Å². The van der Waals surface area contributed by atoms with Crippen LogP contribution in [0.5, 0.6) is 5.75 Å². The summed E-state index contributed by atoms with van der Waals surface area (Å²) in [5, 5.41) is 5.47. The summed E-state index contributed by atoms with van der Waals surface area (Å²) in [4.78, 5) is 25.5. The summed E-state index contributed by atoms with van der Waals surface area (Å²) in [5.41, 5.74) is 1.68. The number of aryl methyl sites for hydroxylation is 1. The van der Waals surface area contributed by atoms with Crippen molar-refractivity contribution in [1.82, 2.24) is 5.32 Å². The number of benzene rings is 2. The Morgan fingerprint density at radius 1 is 1.16 bits per heavy atom. The smallest absolute Gasteiger partial charge is 0.253 e. The highest BCUT2D eigenvalue weighted by atomic mass is 32.2. The zero-order chi connectivity index (χ0) is 23.2. The molecule has 2 rings (SSSR count). The predicted octanol–water partition coefficient (Wildman–Crippen LogP) is 2.94. The highest BCUT2D eigenvalue weighted by Gasteiger charge is 2.32. The first kappa shape index (κ1) is 24.2. The number of ether oxygens (including phenoxy) is 1. The third-order valence-corrected chi connectivity index (χ3v) is 5.85. The molecule has 31 heavy (non-hydrogen) atoms. The van der Waals surface area contributed by atoms with Crippen LogP contribution in [0.2, 0.25) is 0 Å². The molecule has 168 valence electrons. The summed E-state index contributed by atoms with van der Waals surface area (Å²) in [7, 11) is -2.39. The maximum Gasteiger partial charge on any atom is 0.253 e. The average Bonchev–Trinajstić information content (AvgIpc) is 2.71. The van der Waals surface area contributed by atoms with Crippen molar-refractivity contribution in [3.8, 4) is 5.75 Å². The van der Waals surface area contributed by atoms with Crippen molar-refractivity contribution < 1.29 is 22.7 Å². The van der Waals surface area contributed by atoms with E-state index in [1.807, 2.05) is 13.8 Å². The molecule has 1 unspecified atom stereocenters. The normalized spacial score (nSPS) is 12.0. The van der Waals surface area contributed by atoms with Crippen molar-refractivity contribution in [3.05, 3.63) is 53.6 Å². The molecule has 0 heterocycles. The Bertz CT molecular complexity index is 1050. The summed E-state index contributed by atoms with van der Waals surface area (Å²) in [6, 6.07) is 10.6. The van der Waals surface area contributed by atoms with E-state index in [-0.39, 0.29) is 11.6 Å². The van der Waals surface area contributed by atoms with Gasteiger partial charge in [0.1, 0.15) is 11.8 Å². The number of hydrogen-bond acceptors (Lipinski definition) is 5. The summed E-state index contributed by atoms with van der Waals surface area (Å²) in [6.45, 7) is 5.75. The van der Waals surface area contributed by atoms with Gasteiger partial charge in [-0.15, -0.1) is 0 Å². The number of nitrogens with one attached hydrogen (secondary N) is 2. The van der Waals surface area contributed by atoms with Crippen molar-refractivity contribution in [2.75, 3.05) is 29.5 Å². The molecule has 0 aliphatic carbocycles. The van der Waals surface area contributed by atoms with Crippen LogP contribution in [0, 0.1) is 6.92 Å². The van der Waals surface area contributed by atoms with Gasteiger partial charge in [0.05, 0.1) is 30.3 Å². The van der Waals surface area contributed by atoms with Crippen LogP contribution in [0.25, 0.3) is 0 Å². The molecule has 0 saturated heterocycles. The van der Waals surface area contributed by atoms with Gasteiger partial charge in [-0.05, 0) is 50.1 Å². The molecule has 2 amide bonds. The first-order valence-electron chi connectivity index (χ1n) is 9.92. The molecule has 0 fully saturated rings. The molecule has 8 nitrogen and oxygen atoms in total. The van der Waals surface area contributed by atoms with Crippen LogP contribution in [0.15, 0.2) is 42.5 Å². The fourth-order valence-corrected chi connectivity index (χ4v) is 4.28. The third kappa shape index (κ3) is 5.97. The van der Waals surface area contributed by atoms with Crippen LogP contribution < -0.4 is 19.7 Å². The monoisotopic (exact) mass is 447 g/mol. The maximum absolute atomic E-state index is 13.1. The summed E-state index contributed by atoms with van der Waals surface area (Å²) in [6.07, 6.45) is 1.81. The molecule has 0 bridgehead atoms. The van der Waals surface area contributed by atoms with Gasteiger partial charge in [0, 0.05) is 6.54 Å². The number of hydrogen-bond donors (Lipinski definition) is 2. The summed E-state index contributed by atoms with van der Waals surface area (Å²) < 4.78 is 31.6. The van der Waals surface area contributed by atoms with Gasteiger partial charge < -0.3 is 15.4 Å². The maximum atomic E-state index is 13.1. The lowest BCUT2D eigenvalue weighted by atomic mass is 10.1. The zero-order valence-electron chi connectivity index (χ0n) is 18.4. The van der Waals surface area contributed by atoms with Gasteiger partial charge in [-0.3, -0.25) is 13.9 Å². The van der Waals surface area contributed by atoms with E-state index in [0.717, 1.165) is 22.5 Å². The van der Waals surface area contributed by atoms with E-state index in [4.69, 9.17) is 4.74 Å². The molecule has 0 aromatic heterocycles. The van der Waals surface area contributed by atoms with Crippen LogP contribution in [0.3, 0.4) is 0 Å². The van der Waals surface area contributed by atoms with Gasteiger partial charge in [-0.1, -0.05) is 25.1 Å². The second-order valence-electron chi connectivity index (χ2n) is 7.20. The second-order valence-corrected chi connectivity index (χ2v) is 9.06. The Morgan fingerprint density at radius 2 is 1.84 bits per heavy atom. The largest absolute Gasteiger partial charge is 0.495 e. The van der Waals surface area contributed by atoms with Crippen molar-refractivity contribution in [3.63, 3.8) is 0 Å². The van der Waals surface area contributed by atoms with E-state index >= 15 is 0 Å². The molecule has 2 N–H and O–H groups in total. The molecule has 9 heteroatoms. The Morgan fingerprint density at radius 3 is 2.45 bits per heavy atom. The van der Waals surface area contributed by atoms with E-state index in [2.05, 4.69) is 10.6 Å². The van der Waals surface area contributed by atoms with E-state index < -0.39 is 22.0 Å². The number of para-hydroxylation sites is 1. The molecule has 0 spiro atoms. The van der Waals surface area contributed by atoms with E-state index in [0.29, 0.717) is 23.5 Å². The van der Waals surface area contributed by atoms with E-state index in [1.54, 1.807) is 42.5 Å². The fraction of sp³-hybridized carbons (Fsp3) is 0.364. The van der Waals surface area contributed by atoms with Gasteiger partial charge in [0.2, 0.25) is 15.9 Å². The molecule has 2 aromatic rings. The quantitative estimate of drug-likeness (QED) is 0.615. The Labute approximate surface area is 183 Å². The summed E-state index contributed by atoms with van der Waals surface area (Å²) in [5.74, 6) is -0.564. The van der Waals surface area contributed by atoms with Crippen LogP contribution in [0.1, 0.15) is 36.2 Å². The van der Waals surface area contributed by atoms with Crippen molar-refractivity contribution in [1.29, 1.82) is 0 Å². The van der Waals surface area contributed by atoms with Gasteiger partial charge in [0.25, 0.3) is 5.91 Å². The number of carbonyl (C=O) groups excluding carboxylic acids is 2. The zero-order valence-corrected chi connectivity index (χ0v) is 19.2. The molecule has 1 atom stereocenters. The van der Waals surface area contributed by atoms with Gasteiger partial charge >= 0.3 is 0 Å². The topological polar surface area (TPSA) is 105 Å². The molecule has 0 aliphatic rings. The van der Waals surface area contributed by atoms with Crippen LogP contribution in [-0.2, 0) is 14.8 Å². The third-order valence-electron chi connectivity index (χ3n) is 4.63. The molecule has 0 saturated carbocycles. The number of methoxy groups -OCH3 is 1. The SMILES string of the molecule is CCCNC(=O)c1ccccc1NC(=O)C(C)N(c1cc(C)ccc1OC)S(C)(=O)=O. The van der Waals surface area contributed by atoms with Gasteiger partial charge in [0.15, 0.2) is 0 Å². The molecule has 0 aliphatic heterocycles. The first-order valence-corrected chi connectivity index (χ1v) is 11.8. The number of nitrogens with zero attached hydrogens (tertiary/aromatic N) is 1. The lowest BCUT2D eigenvalue weighted by molar-refractivity contribution is -0.116. The second kappa shape index (κ2) is 10.3. The van der Waals surface area contributed by atoms with Crippen LogP contribution in [0.4, 0.5) is 11.4 Å². The van der Waals surface area contributed by atoms with Gasteiger partial charge in [-0.2, -0.15) is 0 Å². The molecular formula is C22H29N3O5S. The van der Waals surface area contributed by atoms with Crippen LogP contribution >= 0.6 is 0 Å². The fourth-order valence-electron chi connectivity index (χ4n) is 3.11. The number of carbonyl (C=O) groups is 2. The lowest BCUT2D eigenvalue weighted by Gasteiger charge is -2.29. The standard InChI is InChI=1S/C22H29N3O5S/c1-6-13-23-22(27)17-9-7-8-10-18(17)24-21(26)16(3)25(31(5,28)29)19-14-15(2)11-12-20(19)30-4/h7-12,14,16H,6,13H2,1-5H3,(H,23,27)(H,24,26). The average molecular weight is 448 g/mol.